The van der Waals surface area contributed by atoms with Crippen LogP contribution >= 0.6 is 0 Å². The van der Waals surface area contributed by atoms with Crippen LogP contribution in [0.1, 0.15) is 28.9 Å². The molecule has 5 heteroatoms. The first-order valence-electron chi connectivity index (χ1n) is 9.83. The summed E-state index contributed by atoms with van der Waals surface area (Å²) in [4.78, 5) is 12.3. The number of hydrogen-bond donors (Lipinski definition) is 0. The van der Waals surface area contributed by atoms with Crippen molar-refractivity contribution in [3.63, 3.8) is 0 Å². The minimum Gasteiger partial charge on any atom is -0.482 e. The topological polar surface area (TPSA) is 54.0 Å². The van der Waals surface area contributed by atoms with Gasteiger partial charge in [-0.05, 0) is 34.4 Å². The van der Waals surface area contributed by atoms with E-state index in [4.69, 9.17) is 18.9 Å². The van der Waals surface area contributed by atoms with Gasteiger partial charge in [-0.25, -0.2) is 4.79 Å². The van der Waals surface area contributed by atoms with Gasteiger partial charge >= 0.3 is 5.97 Å². The maximum absolute atomic E-state index is 12.3. The molecule has 0 amide bonds. The van der Waals surface area contributed by atoms with Gasteiger partial charge in [0.2, 0.25) is 0 Å². The van der Waals surface area contributed by atoms with Crippen molar-refractivity contribution in [2.24, 2.45) is 0 Å². The van der Waals surface area contributed by atoms with Crippen LogP contribution in [0.2, 0.25) is 0 Å². The van der Waals surface area contributed by atoms with Crippen molar-refractivity contribution in [3.05, 3.63) is 89.5 Å². The molecule has 3 aromatic carbocycles. The van der Waals surface area contributed by atoms with Crippen molar-refractivity contribution in [2.45, 2.75) is 12.2 Å². The van der Waals surface area contributed by atoms with Crippen molar-refractivity contribution in [1.82, 2.24) is 0 Å². The van der Waals surface area contributed by atoms with Crippen LogP contribution in [0.5, 0.6) is 5.75 Å². The lowest BCUT2D eigenvalue weighted by atomic mass is 9.98. The number of carbonyl (C=O) groups is 1. The minimum atomic E-state index is -0.429. The quantitative estimate of drug-likeness (QED) is 0.402. The zero-order valence-corrected chi connectivity index (χ0v) is 17.0. The third-order valence-electron chi connectivity index (χ3n) is 5.31. The van der Waals surface area contributed by atoms with E-state index in [0.29, 0.717) is 12.4 Å². The minimum absolute atomic E-state index is 0.0423. The van der Waals surface area contributed by atoms with Crippen LogP contribution in [0.25, 0.3) is 11.1 Å². The molecule has 1 aliphatic carbocycles. The summed E-state index contributed by atoms with van der Waals surface area (Å²) in [5.74, 6) is 0.228. The van der Waals surface area contributed by atoms with Crippen LogP contribution in [0.3, 0.4) is 0 Å². The lowest BCUT2D eigenvalue weighted by molar-refractivity contribution is -0.146. The highest BCUT2D eigenvalue weighted by molar-refractivity contribution is 5.79. The molecule has 3 aromatic rings. The van der Waals surface area contributed by atoms with Gasteiger partial charge in [-0.15, -0.1) is 0 Å². The van der Waals surface area contributed by atoms with E-state index in [1.54, 1.807) is 26.4 Å². The molecule has 0 atom stereocenters. The number of benzene rings is 3. The first kappa shape index (κ1) is 20.1. The Labute approximate surface area is 176 Å². The first-order valence-corrected chi connectivity index (χ1v) is 9.83. The second-order valence-electron chi connectivity index (χ2n) is 7.07. The molecule has 30 heavy (non-hydrogen) atoms. The summed E-state index contributed by atoms with van der Waals surface area (Å²) >= 11 is 0. The van der Waals surface area contributed by atoms with Crippen LogP contribution in [-0.2, 0) is 19.0 Å². The summed E-state index contributed by atoms with van der Waals surface area (Å²) in [6, 6.07) is 23.7. The molecule has 5 nitrogen and oxygen atoms in total. The Balaban J connectivity index is 1.34. The number of esters is 1. The Morgan fingerprint density at radius 2 is 1.40 bits per heavy atom. The Bertz CT molecular complexity index is 963. The fraction of sp³-hybridized carbons (Fsp3) is 0.240. The van der Waals surface area contributed by atoms with Crippen LogP contribution in [0, 0.1) is 0 Å². The van der Waals surface area contributed by atoms with Crippen molar-refractivity contribution in [3.8, 4) is 16.9 Å². The molecule has 0 aliphatic heterocycles. The zero-order valence-electron chi connectivity index (χ0n) is 17.0. The second kappa shape index (κ2) is 9.11. The fourth-order valence-electron chi connectivity index (χ4n) is 3.89. The SMILES string of the molecule is COC(OC)c1ccc(OCC(=O)OCC2c3ccccc3-c3ccccc32)cc1. The van der Waals surface area contributed by atoms with E-state index in [1.165, 1.54) is 22.3 Å². The molecular weight excluding hydrogens is 380 g/mol. The van der Waals surface area contributed by atoms with E-state index in [2.05, 4.69) is 24.3 Å². The highest BCUT2D eigenvalue weighted by Crippen LogP contribution is 2.44. The molecule has 0 aromatic heterocycles. The maximum atomic E-state index is 12.3. The summed E-state index contributed by atoms with van der Waals surface area (Å²) in [5, 5.41) is 0. The van der Waals surface area contributed by atoms with Crippen LogP contribution in [-0.4, -0.2) is 33.4 Å². The summed E-state index contributed by atoms with van der Waals surface area (Å²) in [7, 11) is 3.16. The van der Waals surface area contributed by atoms with Crippen molar-refractivity contribution >= 4 is 5.97 Å². The Kier molecular flexibility index (Phi) is 6.12. The van der Waals surface area contributed by atoms with Crippen molar-refractivity contribution in [1.29, 1.82) is 0 Å². The Morgan fingerprint density at radius 1 is 0.833 bits per heavy atom. The molecule has 0 saturated heterocycles. The molecule has 0 N–H and O–H groups in total. The average Bonchev–Trinajstić information content (AvgIpc) is 3.12. The largest absolute Gasteiger partial charge is 0.482 e. The van der Waals surface area contributed by atoms with Gasteiger partial charge in [0, 0.05) is 25.7 Å². The molecule has 154 valence electrons. The Hall–Kier alpha value is -3.15. The molecule has 0 bridgehead atoms. The molecule has 0 unspecified atom stereocenters. The van der Waals surface area contributed by atoms with Gasteiger partial charge in [0.1, 0.15) is 12.4 Å². The van der Waals surface area contributed by atoms with Gasteiger partial charge in [0.25, 0.3) is 0 Å². The molecule has 0 heterocycles. The molecule has 0 fully saturated rings. The van der Waals surface area contributed by atoms with Gasteiger partial charge in [0.05, 0.1) is 0 Å². The lowest BCUT2D eigenvalue weighted by Gasteiger charge is -2.15. The number of methoxy groups -OCH3 is 2. The van der Waals surface area contributed by atoms with Crippen LogP contribution < -0.4 is 4.74 Å². The normalized spacial score (nSPS) is 12.5. The van der Waals surface area contributed by atoms with Gasteiger partial charge in [-0.3, -0.25) is 0 Å². The molecule has 0 radical (unpaired) electrons. The number of carbonyl (C=O) groups excluding carboxylic acids is 1. The third kappa shape index (κ3) is 4.08. The van der Waals surface area contributed by atoms with Gasteiger partial charge in [-0.2, -0.15) is 0 Å². The summed E-state index contributed by atoms with van der Waals surface area (Å²) in [5.41, 5.74) is 5.66. The van der Waals surface area contributed by atoms with Crippen molar-refractivity contribution < 1.29 is 23.7 Å². The summed E-state index contributed by atoms with van der Waals surface area (Å²) < 4.78 is 21.6. The zero-order chi connectivity index (χ0) is 20.9. The fourth-order valence-corrected chi connectivity index (χ4v) is 3.89. The van der Waals surface area contributed by atoms with Gasteiger partial charge in [-0.1, -0.05) is 60.7 Å². The lowest BCUT2D eigenvalue weighted by Crippen LogP contribution is -2.18. The molecule has 1 aliphatic rings. The monoisotopic (exact) mass is 404 g/mol. The van der Waals surface area contributed by atoms with E-state index >= 15 is 0 Å². The summed E-state index contributed by atoms with van der Waals surface area (Å²) in [6.45, 7) is 0.145. The van der Waals surface area contributed by atoms with Gasteiger partial charge in [0.15, 0.2) is 12.9 Å². The number of fused-ring (bicyclic) bond motifs is 3. The number of hydrogen-bond acceptors (Lipinski definition) is 5. The highest BCUT2D eigenvalue weighted by atomic mass is 16.7. The van der Waals surface area contributed by atoms with E-state index in [9.17, 15) is 4.79 Å². The molecule has 0 spiro atoms. The summed E-state index contributed by atoms with van der Waals surface area (Å²) in [6.07, 6.45) is -0.429. The van der Waals surface area contributed by atoms with Crippen molar-refractivity contribution in [2.75, 3.05) is 27.4 Å². The van der Waals surface area contributed by atoms with Gasteiger partial charge < -0.3 is 18.9 Å². The second-order valence-corrected chi connectivity index (χ2v) is 7.07. The van der Waals surface area contributed by atoms with E-state index < -0.39 is 12.3 Å². The predicted molar refractivity (Wildman–Crippen MR) is 113 cm³/mol. The predicted octanol–water partition coefficient (Wildman–Crippen LogP) is 4.71. The smallest absolute Gasteiger partial charge is 0.344 e. The van der Waals surface area contributed by atoms with E-state index in [-0.39, 0.29) is 12.5 Å². The standard InChI is InChI=1S/C25H24O5/c1-27-25(28-2)17-11-13-18(14-12-17)29-16-24(26)30-15-23-21-9-5-3-7-19(21)20-8-4-6-10-22(20)23/h3-14,23,25H,15-16H2,1-2H3. The Morgan fingerprint density at radius 3 is 1.97 bits per heavy atom. The first-order chi connectivity index (χ1) is 14.7. The molecule has 0 saturated carbocycles. The maximum Gasteiger partial charge on any atom is 0.344 e. The van der Waals surface area contributed by atoms with Crippen LogP contribution in [0.15, 0.2) is 72.8 Å². The number of rotatable bonds is 8. The third-order valence-corrected chi connectivity index (χ3v) is 5.31. The average molecular weight is 404 g/mol. The van der Waals surface area contributed by atoms with E-state index in [1.807, 2.05) is 36.4 Å². The number of ether oxygens (including phenoxy) is 4. The van der Waals surface area contributed by atoms with Crippen LogP contribution in [0.4, 0.5) is 0 Å². The van der Waals surface area contributed by atoms with E-state index in [0.717, 1.165) is 5.56 Å². The molecule has 4 rings (SSSR count). The molecular formula is C25H24O5. The highest BCUT2D eigenvalue weighted by Gasteiger charge is 2.29.